The van der Waals surface area contributed by atoms with Crippen LogP contribution in [0, 0.1) is 0 Å². The Kier molecular flexibility index (Phi) is 4.74. The highest BCUT2D eigenvalue weighted by Crippen LogP contribution is 2.22. The van der Waals surface area contributed by atoms with Crippen LogP contribution in [0.3, 0.4) is 0 Å². The van der Waals surface area contributed by atoms with E-state index in [-0.39, 0.29) is 11.9 Å². The standard InChI is InChI=1S/C12H24N2O2/c1-9(2)14-12(3,11(13)15)8-16-10-6-4-5-7-10/h9-10,14H,4-8H2,1-3H3,(H2,13,15). The van der Waals surface area contributed by atoms with Crippen LogP contribution in [-0.4, -0.2) is 30.2 Å². The van der Waals surface area contributed by atoms with Crippen LogP contribution in [0.1, 0.15) is 46.5 Å². The van der Waals surface area contributed by atoms with Gasteiger partial charge in [0.1, 0.15) is 5.54 Å². The first-order valence-corrected chi connectivity index (χ1v) is 6.13. The van der Waals surface area contributed by atoms with E-state index in [1.54, 1.807) is 0 Å². The molecule has 0 spiro atoms. The van der Waals surface area contributed by atoms with E-state index < -0.39 is 5.54 Å². The fourth-order valence-corrected chi connectivity index (χ4v) is 2.16. The fourth-order valence-electron chi connectivity index (χ4n) is 2.16. The second-order valence-corrected chi connectivity index (χ2v) is 5.21. The molecule has 1 saturated carbocycles. The van der Waals surface area contributed by atoms with Gasteiger partial charge >= 0.3 is 0 Å². The Morgan fingerprint density at radius 1 is 1.50 bits per heavy atom. The van der Waals surface area contributed by atoms with Gasteiger partial charge in [-0.3, -0.25) is 10.1 Å². The third-order valence-electron chi connectivity index (χ3n) is 3.06. The SMILES string of the molecule is CC(C)NC(C)(COC1CCCC1)C(N)=O. The van der Waals surface area contributed by atoms with Crippen LogP contribution in [0.2, 0.25) is 0 Å². The molecular formula is C12H24N2O2. The Bertz CT molecular complexity index is 237. The Labute approximate surface area is 97.9 Å². The first kappa shape index (κ1) is 13.5. The van der Waals surface area contributed by atoms with Gasteiger partial charge in [-0.2, -0.15) is 0 Å². The third-order valence-corrected chi connectivity index (χ3v) is 3.06. The van der Waals surface area contributed by atoms with Crippen molar-refractivity contribution in [2.75, 3.05) is 6.61 Å². The normalized spacial score (nSPS) is 21.2. The van der Waals surface area contributed by atoms with E-state index in [2.05, 4.69) is 5.32 Å². The number of carbonyl (C=O) groups is 1. The molecule has 0 bridgehead atoms. The number of primary amides is 1. The number of amides is 1. The van der Waals surface area contributed by atoms with Crippen molar-refractivity contribution in [3.05, 3.63) is 0 Å². The number of ether oxygens (including phenoxy) is 1. The highest BCUT2D eigenvalue weighted by atomic mass is 16.5. The van der Waals surface area contributed by atoms with Crippen molar-refractivity contribution in [1.82, 2.24) is 5.32 Å². The predicted octanol–water partition coefficient (Wildman–Crippen LogP) is 1.19. The van der Waals surface area contributed by atoms with Crippen LogP contribution in [0.5, 0.6) is 0 Å². The van der Waals surface area contributed by atoms with E-state index in [0.717, 1.165) is 12.8 Å². The molecule has 1 fully saturated rings. The summed E-state index contributed by atoms with van der Waals surface area (Å²) in [6.07, 6.45) is 4.99. The average Bonchev–Trinajstić information content (AvgIpc) is 2.65. The number of nitrogens with one attached hydrogen (secondary N) is 1. The lowest BCUT2D eigenvalue weighted by molar-refractivity contribution is -0.127. The number of nitrogens with two attached hydrogens (primary N) is 1. The van der Waals surface area contributed by atoms with Crippen LogP contribution in [0.25, 0.3) is 0 Å². The Hall–Kier alpha value is -0.610. The van der Waals surface area contributed by atoms with E-state index in [1.165, 1.54) is 12.8 Å². The second kappa shape index (κ2) is 5.64. The minimum absolute atomic E-state index is 0.213. The zero-order valence-corrected chi connectivity index (χ0v) is 10.6. The number of carbonyl (C=O) groups excluding carboxylic acids is 1. The monoisotopic (exact) mass is 228 g/mol. The molecule has 0 aromatic carbocycles. The highest BCUT2D eigenvalue weighted by Gasteiger charge is 2.33. The van der Waals surface area contributed by atoms with Crippen molar-refractivity contribution < 1.29 is 9.53 Å². The molecule has 1 aliphatic carbocycles. The number of rotatable bonds is 6. The van der Waals surface area contributed by atoms with E-state index in [1.807, 2.05) is 20.8 Å². The molecule has 4 heteroatoms. The van der Waals surface area contributed by atoms with Crippen LogP contribution >= 0.6 is 0 Å². The van der Waals surface area contributed by atoms with Crippen LogP contribution < -0.4 is 11.1 Å². The molecule has 0 aromatic rings. The van der Waals surface area contributed by atoms with Gasteiger partial charge in [0.2, 0.25) is 5.91 Å². The number of hydrogen-bond donors (Lipinski definition) is 2. The zero-order valence-electron chi connectivity index (χ0n) is 10.6. The summed E-state index contributed by atoms with van der Waals surface area (Å²) < 4.78 is 5.77. The second-order valence-electron chi connectivity index (χ2n) is 5.21. The zero-order chi connectivity index (χ0) is 12.2. The first-order chi connectivity index (χ1) is 7.44. The summed E-state index contributed by atoms with van der Waals surface area (Å²) >= 11 is 0. The molecule has 0 radical (unpaired) electrons. The van der Waals surface area contributed by atoms with Crippen LogP contribution in [-0.2, 0) is 9.53 Å². The Morgan fingerprint density at radius 3 is 2.50 bits per heavy atom. The molecule has 0 aromatic heterocycles. The predicted molar refractivity (Wildman–Crippen MR) is 64.1 cm³/mol. The van der Waals surface area contributed by atoms with Gasteiger partial charge in [0, 0.05) is 6.04 Å². The average molecular weight is 228 g/mol. The molecule has 1 aliphatic rings. The van der Waals surface area contributed by atoms with Crippen molar-refractivity contribution in [3.8, 4) is 0 Å². The summed E-state index contributed by atoms with van der Waals surface area (Å²) in [5, 5.41) is 3.18. The third kappa shape index (κ3) is 3.76. The molecule has 0 aliphatic heterocycles. The Morgan fingerprint density at radius 2 is 2.06 bits per heavy atom. The van der Waals surface area contributed by atoms with Gasteiger partial charge in [0.25, 0.3) is 0 Å². The topological polar surface area (TPSA) is 64.3 Å². The molecule has 94 valence electrons. The van der Waals surface area contributed by atoms with Crippen molar-refractivity contribution in [2.24, 2.45) is 5.73 Å². The van der Waals surface area contributed by atoms with Gasteiger partial charge < -0.3 is 10.5 Å². The lowest BCUT2D eigenvalue weighted by Gasteiger charge is -2.30. The molecule has 3 N–H and O–H groups in total. The quantitative estimate of drug-likeness (QED) is 0.717. The maximum Gasteiger partial charge on any atom is 0.239 e. The van der Waals surface area contributed by atoms with E-state index in [9.17, 15) is 4.79 Å². The van der Waals surface area contributed by atoms with Gasteiger partial charge in [-0.05, 0) is 33.6 Å². The summed E-state index contributed by atoms with van der Waals surface area (Å²) in [4.78, 5) is 11.4. The van der Waals surface area contributed by atoms with Gasteiger partial charge in [-0.25, -0.2) is 0 Å². The van der Waals surface area contributed by atoms with E-state index in [4.69, 9.17) is 10.5 Å². The molecule has 1 unspecified atom stereocenters. The van der Waals surface area contributed by atoms with E-state index >= 15 is 0 Å². The molecule has 0 heterocycles. The summed E-state index contributed by atoms with van der Waals surface area (Å²) in [7, 11) is 0. The maximum atomic E-state index is 11.4. The van der Waals surface area contributed by atoms with Gasteiger partial charge in [0.05, 0.1) is 12.7 Å². The molecular weight excluding hydrogens is 204 g/mol. The lowest BCUT2D eigenvalue weighted by atomic mass is 10.0. The van der Waals surface area contributed by atoms with E-state index in [0.29, 0.717) is 12.7 Å². The number of hydrogen-bond acceptors (Lipinski definition) is 3. The van der Waals surface area contributed by atoms with Crippen molar-refractivity contribution in [2.45, 2.75) is 64.1 Å². The minimum atomic E-state index is -0.753. The summed E-state index contributed by atoms with van der Waals surface area (Å²) in [6.45, 7) is 6.17. The molecule has 1 atom stereocenters. The highest BCUT2D eigenvalue weighted by molar-refractivity contribution is 5.84. The minimum Gasteiger partial charge on any atom is -0.376 e. The molecule has 1 amide bonds. The maximum absolute atomic E-state index is 11.4. The van der Waals surface area contributed by atoms with Gasteiger partial charge in [0.15, 0.2) is 0 Å². The van der Waals surface area contributed by atoms with Crippen molar-refractivity contribution >= 4 is 5.91 Å². The Balaban J connectivity index is 2.46. The smallest absolute Gasteiger partial charge is 0.239 e. The van der Waals surface area contributed by atoms with Crippen molar-refractivity contribution in [3.63, 3.8) is 0 Å². The summed E-state index contributed by atoms with van der Waals surface area (Å²) in [5.41, 5.74) is 4.67. The molecule has 4 nitrogen and oxygen atoms in total. The largest absolute Gasteiger partial charge is 0.376 e. The van der Waals surface area contributed by atoms with Gasteiger partial charge in [-0.15, -0.1) is 0 Å². The first-order valence-electron chi connectivity index (χ1n) is 6.13. The lowest BCUT2D eigenvalue weighted by Crippen LogP contribution is -2.58. The molecule has 16 heavy (non-hydrogen) atoms. The molecule has 1 rings (SSSR count). The summed E-state index contributed by atoms with van der Waals surface area (Å²) in [6, 6.07) is 0.213. The van der Waals surface area contributed by atoms with Crippen LogP contribution in [0.15, 0.2) is 0 Å². The fraction of sp³-hybridized carbons (Fsp3) is 0.917. The van der Waals surface area contributed by atoms with Gasteiger partial charge in [-0.1, -0.05) is 12.8 Å². The summed E-state index contributed by atoms with van der Waals surface area (Å²) in [5.74, 6) is -0.348. The van der Waals surface area contributed by atoms with Crippen molar-refractivity contribution in [1.29, 1.82) is 0 Å². The van der Waals surface area contributed by atoms with Crippen LogP contribution in [0.4, 0.5) is 0 Å². The molecule has 0 saturated heterocycles.